The topological polar surface area (TPSA) is 35.2 Å². The van der Waals surface area contributed by atoms with E-state index in [1.807, 2.05) is 6.07 Å². The third kappa shape index (κ3) is 1.88. The summed E-state index contributed by atoms with van der Waals surface area (Å²) >= 11 is 3.49. The summed E-state index contributed by atoms with van der Waals surface area (Å²) in [6, 6.07) is 6.56. The number of aryl methyl sites for hydroxylation is 1. The van der Waals surface area contributed by atoms with E-state index in [1.54, 1.807) is 0 Å². The maximum atomic E-state index is 6.24. The monoisotopic (exact) mass is 309 g/mol. The molecule has 2 nitrogen and oxygen atoms in total. The Balaban J connectivity index is 1.77. The summed E-state index contributed by atoms with van der Waals surface area (Å²) in [5.41, 5.74) is 7.71. The Hall–Kier alpha value is -0.540. The zero-order chi connectivity index (χ0) is 12.8. The van der Waals surface area contributed by atoms with Gasteiger partial charge in [-0.2, -0.15) is 0 Å². The van der Waals surface area contributed by atoms with Crippen LogP contribution >= 0.6 is 15.9 Å². The number of ether oxygens (including phenoxy) is 1. The van der Waals surface area contributed by atoms with Crippen molar-refractivity contribution in [2.45, 2.75) is 51.2 Å². The second-order valence-electron chi connectivity index (χ2n) is 5.80. The van der Waals surface area contributed by atoms with E-state index >= 15 is 0 Å². The third-order valence-electron chi connectivity index (χ3n) is 4.79. The average Bonchev–Trinajstić information content (AvgIpc) is 2.83. The molecule has 0 saturated heterocycles. The molecule has 1 aromatic rings. The largest absolute Gasteiger partial charge is 0.489 e. The number of hydrogen-bond donors (Lipinski definition) is 1. The van der Waals surface area contributed by atoms with E-state index in [0.29, 0.717) is 12.1 Å². The molecule has 2 N–H and O–H groups in total. The van der Waals surface area contributed by atoms with Crippen LogP contribution in [0.3, 0.4) is 0 Å². The van der Waals surface area contributed by atoms with Crippen LogP contribution in [-0.4, -0.2) is 12.1 Å². The Morgan fingerprint density at radius 1 is 1.33 bits per heavy atom. The molecule has 0 radical (unpaired) electrons. The molecule has 0 aliphatic heterocycles. The van der Waals surface area contributed by atoms with Gasteiger partial charge in [0.1, 0.15) is 11.9 Å². The van der Waals surface area contributed by atoms with Crippen LogP contribution in [0.5, 0.6) is 5.75 Å². The third-order valence-corrected chi connectivity index (χ3v) is 5.28. The van der Waals surface area contributed by atoms with Gasteiger partial charge in [-0.05, 0) is 43.5 Å². The molecule has 18 heavy (non-hydrogen) atoms. The van der Waals surface area contributed by atoms with Crippen molar-refractivity contribution in [2.24, 2.45) is 11.1 Å². The first-order valence-corrected chi connectivity index (χ1v) is 7.59. The fourth-order valence-electron chi connectivity index (χ4n) is 3.57. The Bertz CT molecular complexity index is 454. The van der Waals surface area contributed by atoms with E-state index in [0.717, 1.165) is 16.6 Å². The molecule has 2 unspecified atom stereocenters. The van der Waals surface area contributed by atoms with Crippen LogP contribution in [-0.2, 0) is 0 Å². The van der Waals surface area contributed by atoms with Gasteiger partial charge in [0.25, 0.3) is 0 Å². The average molecular weight is 310 g/mol. The lowest BCUT2D eigenvalue weighted by Gasteiger charge is -2.52. The zero-order valence-corrected chi connectivity index (χ0v) is 12.4. The normalized spacial score (nSPS) is 29.3. The fourth-order valence-corrected chi connectivity index (χ4v) is 4.04. The minimum absolute atomic E-state index is 0.277. The van der Waals surface area contributed by atoms with Crippen LogP contribution in [0.2, 0.25) is 0 Å². The molecule has 2 atom stereocenters. The molecule has 0 heterocycles. The highest BCUT2D eigenvalue weighted by molar-refractivity contribution is 9.10. The fraction of sp³-hybridized carbons (Fsp3) is 0.600. The molecular formula is C15H20BrNO. The minimum atomic E-state index is 0.277. The van der Waals surface area contributed by atoms with Crippen LogP contribution in [0.25, 0.3) is 0 Å². The van der Waals surface area contributed by atoms with Gasteiger partial charge >= 0.3 is 0 Å². The molecule has 1 aromatic carbocycles. The SMILES string of the molecule is Cc1cc(Br)ccc1OC1CC(N)C12CCCC2. The van der Waals surface area contributed by atoms with Crippen LogP contribution in [0.4, 0.5) is 0 Å². The summed E-state index contributed by atoms with van der Waals surface area (Å²) in [6.07, 6.45) is 6.45. The van der Waals surface area contributed by atoms with Gasteiger partial charge < -0.3 is 10.5 Å². The first-order chi connectivity index (χ1) is 8.62. The summed E-state index contributed by atoms with van der Waals surface area (Å²) < 4.78 is 7.35. The van der Waals surface area contributed by atoms with Gasteiger partial charge in [0.05, 0.1) is 0 Å². The highest BCUT2D eigenvalue weighted by atomic mass is 79.9. The van der Waals surface area contributed by atoms with E-state index in [2.05, 4.69) is 35.0 Å². The van der Waals surface area contributed by atoms with Crippen molar-refractivity contribution in [2.75, 3.05) is 0 Å². The van der Waals surface area contributed by atoms with E-state index in [1.165, 1.54) is 31.2 Å². The van der Waals surface area contributed by atoms with Gasteiger partial charge in [-0.3, -0.25) is 0 Å². The van der Waals surface area contributed by atoms with Crippen molar-refractivity contribution in [3.05, 3.63) is 28.2 Å². The predicted octanol–water partition coefficient (Wildman–Crippen LogP) is 3.80. The number of nitrogens with two attached hydrogens (primary N) is 1. The first-order valence-electron chi connectivity index (χ1n) is 6.80. The molecule has 98 valence electrons. The van der Waals surface area contributed by atoms with Crippen molar-refractivity contribution in [3.63, 3.8) is 0 Å². The van der Waals surface area contributed by atoms with Crippen LogP contribution < -0.4 is 10.5 Å². The summed E-state index contributed by atoms with van der Waals surface area (Å²) in [6.45, 7) is 2.10. The van der Waals surface area contributed by atoms with Gasteiger partial charge in [0.15, 0.2) is 0 Å². The molecule has 0 aromatic heterocycles. The van der Waals surface area contributed by atoms with Gasteiger partial charge in [0, 0.05) is 22.4 Å². The van der Waals surface area contributed by atoms with Gasteiger partial charge in [-0.15, -0.1) is 0 Å². The number of halogens is 1. The van der Waals surface area contributed by atoms with Crippen molar-refractivity contribution < 1.29 is 4.74 Å². The zero-order valence-electron chi connectivity index (χ0n) is 10.8. The Kier molecular flexibility index (Phi) is 3.15. The van der Waals surface area contributed by atoms with Crippen LogP contribution in [0, 0.1) is 12.3 Å². The van der Waals surface area contributed by atoms with Crippen LogP contribution in [0.1, 0.15) is 37.7 Å². The number of hydrogen-bond acceptors (Lipinski definition) is 2. The predicted molar refractivity (Wildman–Crippen MR) is 76.8 cm³/mol. The molecule has 0 bridgehead atoms. The summed E-state index contributed by atoms with van der Waals surface area (Å²) in [5.74, 6) is 1.02. The summed E-state index contributed by atoms with van der Waals surface area (Å²) in [7, 11) is 0. The minimum Gasteiger partial charge on any atom is -0.489 e. The molecule has 0 amide bonds. The second kappa shape index (κ2) is 4.53. The van der Waals surface area contributed by atoms with Gasteiger partial charge in [-0.25, -0.2) is 0 Å². The maximum absolute atomic E-state index is 6.24. The Morgan fingerprint density at radius 2 is 2.06 bits per heavy atom. The molecule has 3 heteroatoms. The molecule has 1 spiro atoms. The van der Waals surface area contributed by atoms with E-state index < -0.39 is 0 Å². The Morgan fingerprint density at radius 3 is 2.67 bits per heavy atom. The first kappa shape index (κ1) is 12.5. The van der Waals surface area contributed by atoms with Crippen molar-refractivity contribution >= 4 is 15.9 Å². The number of rotatable bonds is 2. The molecule has 2 fully saturated rings. The lowest BCUT2D eigenvalue weighted by molar-refractivity contribution is -0.0623. The lowest BCUT2D eigenvalue weighted by Crippen LogP contribution is -2.62. The van der Waals surface area contributed by atoms with E-state index in [9.17, 15) is 0 Å². The second-order valence-corrected chi connectivity index (χ2v) is 6.71. The van der Waals surface area contributed by atoms with E-state index in [-0.39, 0.29) is 5.41 Å². The van der Waals surface area contributed by atoms with Crippen molar-refractivity contribution in [1.82, 2.24) is 0 Å². The molecule has 2 aliphatic carbocycles. The highest BCUT2D eigenvalue weighted by Gasteiger charge is 2.56. The molecular weight excluding hydrogens is 290 g/mol. The quantitative estimate of drug-likeness (QED) is 0.902. The summed E-state index contributed by atoms with van der Waals surface area (Å²) in [4.78, 5) is 0. The smallest absolute Gasteiger partial charge is 0.122 e. The molecule has 2 aliphatic rings. The molecule has 2 saturated carbocycles. The van der Waals surface area contributed by atoms with Crippen molar-refractivity contribution in [1.29, 1.82) is 0 Å². The van der Waals surface area contributed by atoms with Gasteiger partial charge in [-0.1, -0.05) is 28.8 Å². The van der Waals surface area contributed by atoms with E-state index in [4.69, 9.17) is 10.5 Å². The lowest BCUT2D eigenvalue weighted by atomic mass is 9.61. The maximum Gasteiger partial charge on any atom is 0.122 e. The standard InChI is InChI=1S/C15H20BrNO/c1-10-8-11(16)4-5-12(10)18-14-9-13(17)15(14)6-2-3-7-15/h4-5,8,13-14H,2-3,6-7,9,17H2,1H3. The number of benzene rings is 1. The Labute approximate surface area is 117 Å². The highest BCUT2D eigenvalue weighted by Crippen LogP contribution is 2.53. The van der Waals surface area contributed by atoms with Crippen molar-refractivity contribution in [3.8, 4) is 5.75 Å². The summed E-state index contributed by atoms with van der Waals surface area (Å²) in [5, 5.41) is 0. The van der Waals surface area contributed by atoms with Crippen LogP contribution in [0.15, 0.2) is 22.7 Å². The van der Waals surface area contributed by atoms with Gasteiger partial charge in [0.2, 0.25) is 0 Å². The molecule has 3 rings (SSSR count).